The minimum atomic E-state index is 0.204. The maximum absolute atomic E-state index is 6.16. The molecule has 2 rings (SSSR count). The van der Waals surface area contributed by atoms with Crippen LogP contribution in [0.1, 0.15) is 32.3 Å². The van der Waals surface area contributed by atoms with Gasteiger partial charge in [0, 0.05) is 25.4 Å². The molecule has 5 heteroatoms. The van der Waals surface area contributed by atoms with Gasteiger partial charge in [-0.1, -0.05) is 25.4 Å². The molecule has 1 fully saturated rings. The van der Waals surface area contributed by atoms with Crippen LogP contribution in [-0.2, 0) is 11.3 Å². The highest BCUT2D eigenvalue weighted by atomic mass is 35.5. The molecule has 0 bridgehead atoms. The van der Waals surface area contributed by atoms with E-state index in [0.29, 0.717) is 23.4 Å². The number of nitrogens with one attached hydrogen (secondary N) is 1. The molecule has 0 saturated carbocycles. The minimum Gasteiger partial charge on any atom is -0.475 e. The first-order valence-electron chi connectivity index (χ1n) is 7.24. The molecule has 2 heterocycles. The Labute approximate surface area is 125 Å². The lowest BCUT2D eigenvalue weighted by Gasteiger charge is -2.13. The van der Waals surface area contributed by atoms with Gasteiger partial charge in [0.25, 0.3) is 0 Å². The third-order valence-corrected chi connectivity index (χ3v) is 3.56. The minimum absolute atomic E-state index is 0.204. The highest BCUT2D eigenvalue weighted by Gasteiger charge is 2.16. The Morgan fingerprint density at radius 3 is 3.10 bits per heavy atom. The van der Waals surface area contributed by atoms with E-state index in [9.17, 15) is 0 Å². The maximum Gasteiger partial charge on any atom is 0.213 e. The molecule has 112 valence electrons. The zero-order chi connectivity index (χ0) is 14.4. The molecule has 4 nitrogen and oxygen atoms in total. The van der Waals surface area contributed by atoms with Crippen molar-refractivity contribution in [2.24, 2.45) is 5.92 Å². The molecule has 20 heavy (non-hydrogen) atoms. The molecule has 0 aliphatic carbocycles. The molecule has 1 atom stereocenters. The Kier molecular flexibility index (Phi) is 6.07. The zero-order valence-electron chi connectivity index (χ0n) is 12.2. The first-order valence-corrected chi connectivity index (χ1v) is 7.62. The van der Waals surface area contributed by atoms with Crippen LogP contribution in [0.25, 0.3) is 0 Å². The number of rotatable bonds is 7. The zero-order valence-corrected chi connectivity index (χ0v) is 12.9. The van der Waals surface area contributed by atoms with Gasteiger partial charge >= 0.3 is 0 Å². The van der Waals surface area contributed by atoms with Gasteiger partial charge < -0.3 is 14.8 Å². The number of hydrogen-bond acceptors (Lipinski definition) is 4. The van der Waals surface area contributed by atoms with Crippen molar-refractivity contribution in [2.75, 3.05) is 19.8 Å². The van der Waals surface area contributed by atoms with Crippen LogP contribution in [0, 0.1) is 5.92 Å². The van der Waals surface area contributed by atoms with E-state index in [4.69, 9.17) is 21.1 Å². The van der Waals surface area contributed by atoms with Crippen LogP contribution in [0.5, 0.6) is 5.88 Å². The maximum atomic E-state index is 6.16. The molecule has 1 aliphatic rings. The summed E-state index contributed by atoms with van der Waals surface area (Å²) in [5.74, 6) is 1.23. The van der Waals surface area contributed by atoms with E-state index in [1.807, 2.05) is 6.07 Å². The summed E-state index contributed by atoms with van der Waals surface area (Å²) in [6, 6.07) is 1.91. The van der Waals surface area contributed by atoms with Crippen molar-refractivity contribution in [3.63, 3.8) is 0 Å². The molecular formula is C15H23ClN2O2. The van der Waals surface area contributed by atoms with E-state index in [1.54, 1.807) is 6.20 Å². The van der Waals surface area contributed by atoms with Crippen molar-refractivity contribution in [2.45, 2.75) is 39.3 Å². The second-order valence-electron chi connectivity index (χ2n) is 5.58. The smallest absolute Gasteiger partial charge is 0.213 e. The largest absolute Gasteiger partial charge is 0.475 e. The van der Waals surface area contributed by atoms with Crippen LogP contribution in [0.2, 0.25) is 5.02 Å². The number of hydrogen-bond donors (Lipinski definition) is 1. The SMILES string of the molecule is CC(C)CNCc1cc(OCC2CCCO2)ncc1Cl. The second kappa shape index (κ2) is 7.81. The van der Waals surface area contributed by atoms with Crippen molar-refractivity contribution < 1.29 is 9.47 Å². The summed E-state index contributed by atoms with van der Waals surface area (Å²) in [5.41, 5.74) is 1.02. The lowest BCUT2D eigenvalue weighted by Crippen LogP contribution is -2.20. The molecule has 1 saturated heterocycles. The molecule has 1 aromatic heterocycles. The monoisotopic (exact) mass is 298 g/mol. The first kappa shape index (κ1) is 15.5. The van der Waals surface area contributed by atoms with Crippen LogP contribution >= 0.6 is 11.6 Å². The fraction of sp³-hybridized carbons (Fsp3) is 0.667. The summed E-state index contributed by atoms with van der Waals surface area (Å²) in [5, 5.41) is 4.05. The molecule has 0 radical (unpaired) electrons. The number of pyridine rings is 1. The summed E-state index contributed by atoms with van der Waals surface area (Å²) in [6.07, 6.45) is 4.04. The van der Waals surface area contributed by atoms with Gasteiger partial charge in [-0.05, 0) is 30.9 Å². The Morgan fingerprint density at radius 1 is 1.55 bits per heavy atom. The average molecular weight is 299 g/mol. The predicted molar refractivity (Wildman–Crippen MR) is 80.3 cm³/mol. The van der Waals surface area contributed by atoms with Gasteiger partial charge in [0.15, 0.2) is 0 Å². The van der Waals surface area contributed by atoms with Gasteiger partial charge in [0.2, 0.25) is 5.88 Å². The molecule has 0 spiro atoms. The normalized spacial score (nSPS) is 18.7. The molecule has 1 aromatic rings. The molecular weight excluding hydrogens is 276 g/mol. The second-order valence-corrected chi connectivity index (χ2v) is 5.99. The van der Waals surface area contributed by atoms with Crippen molar-refractivity contribution in [3.8, 4) is 5.88 Å². The molecule has 0 amide bonds. The number of aromatic nitrogens is 1. The van der Waals surface area contributed by atoms with Crippen LogP contribution in [0.4, 0.5) is 0 Å². The van der Waals surface area contributed by atoms with Crippen molar-refractivity contribution in [1.82, 2.24) is 10.3 Å². The van der Waals surface area contributed by atoms with E-state index in [2.05, 4.69) is 24.1 Å². The van der Waals surface area contributed by atoms with Crippen molar-refractivity contribution in [3.05, 3.63) is 22.8 Å². The van der Waals surface area contributed by atoms with Crippen LogP contribution < -0.4 is 10.1 Å². The molecule has 1 unspecified atom stereocenters. The van der Waals surface area contributed by atoms with E-state index in [-0.39, 0.29) is 6.10 Å². The highest BCUT2D eigenvalue weighted by Crippen LogP contribution is 2.20. The average Bonchev–Trinajstić information content (AvgIpc) is 2.92. The molecule has 0 aromatic carbocycles. The number of halogens is 1. The van der Waals surface area contributed by atoms with Crippen molar-refractivity contribution in [1.29, 1.82) is 0 Å². The van der Waals surface area contributed by atoms with Gasteiger partial charge in [0.1, 0.15) is 6.61 Å². The summed E-state index contributed by atoms with van der Waals surface area (Å²) < 4.78 is 11.2. The molecule has 1 N–H and O–H groups in total. The summed E-state index contributed by atoms with van der Waals surface area (Å²) in [6.45, 7) is 7.45. The summed E-state index contributed by atoms with van der Waals surface area (Å²) >= 11 is 6.16. The quantitative estimate of drug-likeness (QED) is 0.840. The summed E-state index contributed by atoms with van der Waals surface area (Å²) in [7, 11) is 0. The lowest BCUT2D eigenvalue weighted by molar-refractivity contribution is 0.0663. The standard InChI is InChI=1S/C15H23ClN2O2/c1-11(2)7-17-8-12-6-15(18-9-14(12)16)20-10-13-4-3-5-19-13/h6,9,11,13,17H,3-5,7-8,10H2,1-2H3. The lowest BCUT2D eigenvalue weighted by atomic mass is 10.2. The van der Waals surface area contributed by atoms with E-state index in [0.717, 1.165) is 38.1 Å². The van der Waals surface area contributed by atoms with Crippen LogP contribution in [-0.4, -0.2) is 30.8 Å². The van der Waals surface area contributed by atoms with Gasteiger partial charge in [0.05, 0.1) is 11.1 Å². The Hall–Kier alpha value is -0.840. The van der Waals surface area contributed by atoms with E-state index < -0.39 is 0 Å². The van der Waals surface area contributed by atoms with E-state index in [1.165, 1.54) is 0 Å². The van der Waals surface area contributed by atoms with Gasteiger partial charge in [-0.2, -0.15) is 0 Å². The fourth-order valence-electron chi connectivity index (χ4n) is 2.12. The van der Waals surface area contributed by atoms with Crippen LogP contribution in [0.15, 0.2) is 12.3 Å². The summed E-state index contributed by atoms with van der Waals surface area (Å²) in [4.78, 5) is 4.21. The van der Waals surface area contributed by atoms with E-state index >= 15 is 0 Å². The highest BCUT2D eigenvalue weighted by molar-refractivity contribution is 6.31. The Balaban J connectivity index is 1.86. The third kappa shape index (κ3) is 4.93. The first-order chi connectivity index (χ1) is 9.65. The fourth-order valence-corrected chi connectivity index (χ4v) is 2.29. The van der Waals surface area contributed by atoms with Gasteiger partial charge in [-0.25, -0.2) is 4.98 Å². The third-order valence-electron chi connectivity index (χ3n) is 3.22. The number of ether oxygens (including phenoxy) is 2. The Morgan fingerprint density at radius 2 is 2.40 bits per heavy atom. The Bertz CT molecular complexity index is 420. The van der Waals surface area contributed by atoms with Gasteiger partial charge in [-0.15, -0.1) is 0 Å². The molecule has 1 aliphatic heterocycles. The predicted octanol–water partition coefficient (Wildman–Crippen LogP) is 3.04. The number of nitrogens with zero attached hydrogens (tertiary/aromatic N) is 1. The van der Waals surface area contributed by atoms with Crippen LogP contribution in [0.3, 0.4) is 0 Å². The topological polar surface area (TPSA) is 43.4 Å². The van der Waals surface area contributed by atoms with Gasteiger partial charge in [-0.3, -0.25) is 0 Å². The van der Waals surface area contributed by atoms with Crippen molar-refractivity contribution >= 4 is 11.6 Å².